The second-order valence-electron chi connectivity index (χ2n) is 4.31. The van der Waals surface area contributed by atoms with Crippen molar-refractivity contribution in [1.29, 1.82) is 0 Å². The van der Waals surface area contributed by atoms with Crippen molar-refractivity contribution < 1.29 is 14.1 Å². The van der Waals surface area contributed by atoms with E-state index in [-0.39, 0.29) is 12.3 Å². The Labute approximate surface area is 120 Å². The Morgan fingerprint density at radius 2 is 2.05 bits per heavy atom. The van der Waals surface area contributed by atoms with E-state index in [0.29, 0.717) is 11.5 Å². The van der Waals surface area contributed by atoms with Crippen LogP contribution < -0.4 is 16.0 Å². The average molecular weight is 296 g/mol. The first-order valence-electron chi connectivity index (χ1n) is 5.87. The number of carbonyl (C=O) groups excluding carboxylic acids is 1. The normalized spacial score (nSPS) is 10.4. The zero-order chi connectivity index (χ0) is 14.7. The number of hydrogen-bond acceptors (Lipinski definition) is 5. The molecule has 0 atom stereocenters. The van der Waals surface area contributed by atoms with E-state index >= 15 is 0 Å². The van der Waals surface area contributed by atoms with Crippen LogP contribution in [0.3, 0.4) is 0 Å². The molecule has 1 aromatic heterocycles. The number of carbonyl (C=O) groups is 1. The van der Waals surface area contributed by atoms with Crippen molar-refractivity contribution in [2.75, 3.05) is 0 Å². The number of nitrogens with one attached hydrogen (secondary N) is 1. The van der Waals surface area contributed by atoms with E-state index in [0.717, 1.165) is 16.1 Å². The average Bonchev–Trinajstić information content (AvgIpc) is 2.90. The predicted molar refractivity (Wildman–Crippen MR) is 73.4 cm³/mol. The van der Waals surface area contributed by atoms with Crippen LogP contribution in [0.1, 0.15) is 27.4 Å². The van der Waals surface area contributed by atoms with Gasteiger partial charge in [-0.1, -0.05) is 16.8 Å². The fourth-order valence-corrected chi connectivity index (χ4v) is 1.82. The summed E-state index contributed by atoms with van der Waals surface area (Å²) >= 11 is 6.08. The predicted octanol–water partition coefficient (Wildman–Crippen LogP) is 2.13. The highest BCUT2D eigenvalue weighted by Gasteiger charge is 2.12. The van der Waals surface area contributed by atoms with Gasteiger partial charge in [-0.05, 0) is 37.1 Å². The van der Waals surface area contributed by atoms with Crippen LogP contribution in [0.15, 0.2) is 22.7 Å². The minimum Gasteiger partial charge on any atom is -0.486 e. The monoisotopic (exact) mass is 295 g/mol. The quantitative estimate of drug-likeness (QED) is 0.512. The fraction of sp³-hybridized carbons (Fsp3) is 0.231. The smallest absolute Gasteiger partial charge is 0.287 e. The molecule has 20 heavy (non-hydrogen) atoms. The molecule has 1 heterocycles. The Morgan fingerprint density at radius 1 is 1.40 bits per heavy atom. The highest BCUT2D eigenvalue weighted by atomic mass is 35.5. The Hall–Kier alpha value is -2.05. The third kappa shape index (κ3) is 3.09. The number of aromatic nitrogens is 1. The van der Waals surface area contributed by atoms with Crippen molar-refractivity contribution in [3.8, 4) is 5.75 Å². The lowest BCUT2D eigenvalue weighted by Gasteiger charge is -2.08. The number of halogens is 1. The Bertz CT molecular complexity index is 617. The highest BCUT2D eigenvalue weighted by molar-refractivity contribution is 6.32. The van der Waals surface area contributed by atoms with E-state index in [1.54, 1.807) is 0 Å². The third-order valence-corrected chi connectivity index (χ3v) is 3.31. The molecule has 0 radical (unpaired) electrons. The van der Waals surface area contributed by atoms with Gasteiger partial charge in [0.05, 0.1) is 0 Å². The number of ether oxygens (including phenoxy) is 1. The van der Waals surface area contributed by atoms with Crippen molar-refractivity contribution in [3.63, 3.8) is 0 Å². The summed E-state index contributed by atoms with van der Waals surface area (Å²) < 4.78 is 10.6. The Morgan fingerprint density at radius 3 is 2.65 bits per heavy atom. The Balaban J connectivity index is 2.05. The minimum atomic E-state index is -0.516. The summed E-state index contributed by atoms with van der Waals surface area (Å²) in [6, 6.07) is 5.14. The highest BCUT2D eigenvalue weighted by Crippen LogP contribution is 2.26. The number of hydrogen-bond donors (Lipinski definition) is 2. The topological polar surface area (TPSA) is 90.4 Å². The molecular weight excluding hydrogens is 282 g/mol. The van der Waals surface area contributed by atoms with Gasteiger partial charge in [-0.2, -0.15) is 0 Å². The molecule has 0 unspecified atom stereocenters. The molecule has 0 saturated heterocycles. The standard InChI is InChI=1S/C13H14ClN3O3/c1-7-3-9(4-8(2)12(7)14)19-6-10-5-11(17-20-10)13(18)16-15/h3-5H,6,15H2,1-2H3,(H,16,18). The third-order valence-electron chi connectivity index (χ3n) is 2.71. The number of rotatable bonds is 4. The van der Waals surface area contributed by atoms with E-state index in [9.17, 15) is 4.79 Å². The summed E-state index contributed by atoms with van der Waals surface area (Å²) in [4.78, 5) is 11.2. The van der Waals surface area contributed by atoms with Crippen molar-refractivity contribution >= 4 is 17.5 Å². The van der Waals surface area contributed by atoms with E-state index in [4.69, 9.17) is 26.7 Å². The molecule has 7 heteroatoms. The van der Waals surface area contributed by atoms with Gasteiger partial charge in [0, 0.05) is 11.1 Å². The number of hydrazine groups is 1. The summed E-state index contributed by atoms with van der Waals surface area (Å²) in [6.07, 6.45) is 0. The molecule has 0 spiro atoms. The molecule has 106 valence electrons. The second-order valence-corrected chi connectivity index (χ2v) is 4.69. The van der Waals surface area contributed by atoms with Crippen LogP contribution >= 0.6 is 11.6 Å². The molecule has 2 aromatic rings. The van der Waals surface area contributed by atoms with Crippen molar-refractivity contribution in [1.82, 2.24) is 10.6 Å². The van der Waals surface area contributed by atoms with E-state index in [2.05, 4.69) is 5.16 Å². The van der Waals surface area contributed by atoms with Crippen molar-refractivity contribution in [2.45, 2.75) is 20.5 Å². The van der Waals surface area contributed by atoms with Crippen LogP contribution in [0.4, 0.5) is 0 Å². The lowest BCUT2D eigenvalue weighted by Crippen LogP contribution is -2.30. The molecule has 0 aliphatic heterocycles. The van der Waals surface area contributed by atoms with Crippen LogP contribution in [-0.4, -0.2) is 11.1 Å². The van der Waals surface area contributed by atoms with Crippen molar-refractivity contribution in [3.05, 3.63) is 45.8 Å². The van der Waals surface area contributed by atoms with Gasteiger partial charge < -0.3 is 9.26 Å². The maximum atomic E-state index is 11.2. The number of benzene rings is 1. The second kappa shape index (κ2) is 5.94. The summed E-state index contributed by atoms with van der Waals surface area (Å²) in [5, 5.41) is 4.30. The number of amides is 1. The number of aryl methyl sites for hydroxylation is 2. The molecule has 2 rings (SSSR count). The summed E-state index contributed by atoms with van der Waals surface area (Å²) in [6.45, 7) is 3.96. The maximum absolute atomic E-state index is 11.2. The molecule has 0 fully saturated rings. The van der Waals surface area contributed by atoms with Crippen LogP contribution in [0.25, 0.3) is 0 Å². The van der Waals surface area contributed by atoms with E-state index in [1.165, 1.54) is 6.07 Å². The van der Waals surface area contributed by atoms with Gasteiger partial charge in [-0.3, -0.25) is 10.2 Å². The fourth-order valence-electron chi connectivity index (χ4n) is 1.71. The zero-order valence-corrected chi connectivity index (χ0v) is 11.8. The number of nitrogen functional groups attached to an aromatic ring is 1. The number of nitrogens with two attached hydrogens (primary N) is 1. The van der Waals surface area contributed by atoms with Gasteiger partial charge in [-0.15, -0.1) is 0 Å². The van der Waals surface area contributed by atoms with Gasteiger partial charge >= 0.3 is 0 Å². The molecule has 0 aliphatic rings. The van der Waals surface area contributed by atoms with E-state index < -0.39 is 5.91 Å². The zero-order valence-electron chi connectivity index (χ0n) is 11.1. The van der Waals surface area contributed by atoms with Gasteiger partial charge in [0.2, 0.25) is 0 Å². The van der Waals surface area contributed by atoms with E-state index in [1.807, 2.05) is 31.4 Å². The molecule has 0 bridgehead atoms. The minimum absolute atomic E-state index is 0.106. The largest absolute Gasteiger partial charge is 0.486 e. The first-order chi connectivity index (χ1) is 9.51. The lowest BCUT2D eigenvalue weighted by atomic mass is 10.1. The summed E-state index contributed by atoms with van der Waals surface area (Å²) in [5.74, 6) is 5.58. The van der Waals surface area contributed by atoms with Crippen LogP contribution in [0, 0.1) is 13.8 Å². The molecular formula is C13H14ClN3O3. The summed E-state index contributed by atoms with van der Waals surface area (Å²) in [7, 11) is 0. The van der Waals surface area contributed by atoms with Gasteiger partial charge in [0.1, 0.15) is 12.4 Å². The van der Waals surface area contributed by atoms with Crippen LogP contribution in [0.5, 0.6) is 5.75 Å². The van der Waals surface area contributed by atoms with Gasteiger partial charge in [0.25, 0.3) is 5.91 Å². The van der Waals surface area contributed by atoms with Crippen molar-refractivity contribution in [2.24, 2.45) is 5.84 Å². The SMILES string of the molecule is Cc1cc(OCc2cc(C(=O)NN)no2)cc(C)c1Cl. The molecule has 1 aromatic carbocycles. The van der Waals surface area contributed by atoms with Gasteiger partial charge in [-0.25, -0.2) is 5.84 Å². The van der Waals surface area contributed by atoms with Crippen LogP contribution in [0.2, 0.25) is 5.02 Å². The molecule has 0 saturated carbocycles. The molecule has 1 amide bonds. The first kappa shape index (κ1) is 14.4. The Kier molecular flexibility index (Phi) is 4.26. The molecule has 3 N–H and O–H groups in total. The molecule has 6 nitrogen and oxygen atoms in total. The van der Waals surface area contributed by atoms with Gasteiger partial charge in [0.15, 0.2) is 11.5 Å². The lowest BCUT2D eigenvalue weighted by molar-refractivity contribution is 0.0944. The summed E-state index contributed by atoms with van der Waals surface area (Å²) in [5.41, 5.74) is 3.94. The maximum Gasteiger partial charge on any atom is 0.287 e. The van der Waals surface area contributed by atoms with Crippen LogP contribution in [-0.2, 0) is 6.61 Å². The molecule has 0 aliphatic carbocycles. The number of nitrogens with zero attached hydrogens (tertiary/aromatic N) is 1. The first-order valence-corrected chi connectivity index (χ1v) is 6.25.